The smallest absolute Gasteiger partial charge is 0.254 e. The molecular formula is C29H32F2N2O. The summed E-state index contributed by atoms with van der Waals surface area (Å²) >= 11 is 0. The normalized spacial score (nSPS) is 18.4. The van der Waals surface area contributed by atoms with E-state index in [1.807, 2.05) is 41.3 Å². The van der Waals surface area contributed by atoms with Gasteiger partial charge in [0.25, 0.3) is 5.91 Å². The highest BCUT2D eigenvalue weighted by molar-refractivity contribution is 5.94. The van der Waals surface area contributed by atoms with Crippen LogP contribution in [0.25, 0.3) is 0 Å². The summed E-state index contributed by atoms with van der Waals surface area (Å²) < 4.78 is 27.2. The van der Waals surface area contributed by atoms with Gasteiger partial charge in [-0.05, 0) is 67.6 Å². The fourth-order valence-corrected chi connectivity index (χ4v) is 5.05. The van der Waals surface area contributed by atoms with Gasteiger partial charge in [0.15, 0.2) is 11.6 Å². The summed E-state index contributed by atoms with van der Waals surface area (Å²) in [6, 6.07) is 22.0. The van der Waals surface area contributed by atoms with Crippen molar-refractivity contribution in [1.29, 1.82) is 0 Å². The summed E-state index contributed by atoms with van der Waals surface area (Å²) in [5, 5.41) is 0. The first-order valence-electron chi connectivity index (χ1n) is 11.9. The lowest BCUT2D eigenvalue weighted by atomic mass is 9.86. The first kappa shape index (κ1) is 24.1. The number of amides is 1. The average Bonchev–Trinajstić information content (AvgIpc) is 3.22. The van der Waals surface area contributed by atoms with Crippen molar-refractivity contribution in [3.05, 3.63) is 107 Å². The first-order chi connectivity index (χ1) is 16.3. The van der Waals surface area contributed by atoms with E-state index >= 15 is 0 Å². The Morgan fingerprint density at radius 1 is 0.971 bits per heavy atom. The molecule has 0 spiro atoms. The third-order valence-electron chi connectivity index (χ3n) is 6.83. The van der Waals surface area contributed by atoms with Crippen LogP contribution in [0.5, 0.6) is 0 Å². The van der Waals surface area contributed by atoms with Crippen LogP contribution >= 0.6 is 0 Å². The molecular weight excluding hydrogens is 430 g/mol. The van der Waals surface area contributed by atoms with E-state index in [1.54, 1.807) is 6.07 Å². The Morgan fingerprint density at radius 3 is 2.35 bits per heavy atom. The molecule has 3 aromatic carbocycles. The minimum Gasteiger partial charge on any atom is -0.336 e. The largest absolute Gasteiger partial charge is 0.336 e. The molecule has 34 heavy (non-hydrogen) atoms. The monoisotopic (exact) mass is 462 g/mol. The van der Waals surface area contributed by atoms with E-state index in [1.165, 1.54) is 23.3 Å². The zero-order valence-corrected chi connectivity index (χ0v) is 20.0. The van der Waals surface area contributed by atoms with Crippen LogP contribution < -0.4 is 0 Å². The number of nitrogens with zero attached hydrogens (tertiary/aromatic N) is 2. The predicted octanol–water partition coefficient (Wildman–Crippen LogP) is 6.04. The van der Waals surface area contributed by atoms with Crippen molar-refractivity contribution < 1.29 is 13.6 Å². The number of aryl methyl sites for hydroxylation is 1. The van der Waals surface area contributed by atoms with E-state index in [-0.39, 0.29) is 23.8 Å². The molecule has 2 atom stereocenters. The molecule has 0 aromatic heterocycles. The van der Waals surface area contributed by atoms with Gasteiger partial charge in [0.2, 0.25) is 0 Å². The second kappa shape index (κ2) is 10.5. The highest BCUT2D eigenvalue weighted by atomic mass is 19.2. The third kappa shape index (κ3) is 5.36. The standard InChI is InChI=1S/C29H32F2N2O/c1-20(2)33(29(34)23-10-5-4-6-11-23)18-24-17-32(16-22-13-14-27(30)28(31)15-22)19-26(24)25-12-8-7-9-21(25)3/h4-15,20,24,26H,16-19H2,1-3H3/t24-,26-/m1/s1. The Morgan fingerprint density at radius 2 is 1.68 bits per heavy atom. The lowest BCUT2D eigenvalue weighted by Gasteiger charge is -2.32. The zero-order chi connectivity index (χ0) is 24.2. The fourth-order valence-electron chi connectivity index (χ4n) is 5.05. The Labute approximate surface area is 201 Å². The average molecular weight is 463 g/mol. The van der Waals surface area contributed by atoms with Gasteiger partial charge in [-0.2, -0.15) is 0 Å². The maximum absolute atomic E-state index is 13.8. The molecule has 0 saturated carbocycles. The van der Waals surface area contributed by atoms with Crippen LogP contribution in [0.15, 0.2) is 72.8 Å². The topological polar surface area (TPSA) is 23.6 Å². The summed E-state index contributed by atoms with van der Waals surface area (Å²) in [6.45, 7) is 9.00. The van der Waals surface area contributed by atoms with Crippen LogP contribution in [-0.4, -0.2) is 41.4 Å². The number of hydrogen-bond donors (Lipinski definition) is 0. The molecule has 1 saturated heterocycles. The van der Waals surface area contributed by atoms with Gasteiger partial charge >= 0.3 is 0 Å². The molecule has 5 heteroatoms. The zero-order valence-electron chi connectivity index (χ0n) is 20.0. The maximum atomic E-state index is 13.8. The first-order valence-corrected chi connectivity index (χ1v) is 11.9. The second-order valence-electron chi connectivity index (χ2n) is 9.58. The van der Waals surface area contributed by atoms with Crippen LogP contribution in [-0.2, 0) is 6.54 Å². The van der Waals surface area contributed by atoms with Gasteiger partial charge in [0, 0.05) is 43.7 Å². The van der Waals surface area contributed by atoms with Gasteiger partial charge in [-0.1, -0.05) is 48.5 Å². The van der Waals surface area contributed by atoms with Crippen molar-refractivity contribution >= 4 is 5.91 Å². The highest BCUT2D eigenvalue weighted by Crippen LogP contribution is 2.36. The number of hydrogen-bond acceptors (Lipinski definition) is 2. The molecule has 0 bridgehead atoms. The van der Waals surface area contributed by atoms with Crippen LogP contribution in [0.3, 0.4) is 0 Å². The Kier molecular flexibility index (Phi) is 7.42. The number of carbonyl (C=O) groups is 1. The van der Waals surface area contributed by atoms with E-state index < -0.39 is 11.6 Å². The summed E-state index contributed by atoms with van der Waals surface area (Å²) in [5.41, 5.74) is 3.97. The maximum Gasteiger partial charge on any atom is 0.254 e. The lowest BCUT2D eigenvalue weighted by Crippen LogP contribution is -2.42. The molecule has 0 aliphatic carbocycles. The van der Waals surface area contributed by atoms with Crippen molar-refractivity contribution in [3.63, 3.8) is 0 Å². The van der Waals surface area contributed by atoms with Gasteiger partial charge in [-0.3, -0.25) is 9.69 Å². The molecule has 0 radical (unpaired) electrons. The minimum atomic E-state index is -0.826. The van der Waals surface area contributed by atoms with E-state index in [2.05, 4.69) is 43.9 Å². The van der Waals surface area contributed by atoms with Crippen molar-refractivity contribution in [1.82, 2.24) is 9.80 Å². The number of benzene rings is 3. The van der Waals surface area contributed by atoms with E-state index in [9.17, 15) is 13.6 Å². The highest BCUT2D eigenvalue weighted by Gasteiger charge is 2.37. The molecule has 1 heterocycles. The summed E-state index contributed by atoms with van der Waals surface area (Å²) in [6.07, 6.45) is 0. The van der Waals surface area contributed by atoms with Gasteiger partial charge in [0.1, 0.15) is 0 Å². The Balaban J connectivity index is 1.59. The van der Waals surface area contributed by atoms with Gasteiger partial charge < -0.3 is 4.90 Å². The van der Waals surface area contributed by atoms with E-state index in [4.69, 9.17) is 0 Å². The van der Waals surface area contributed by atoms with Crippen molar-refractivity contribution in [2.75, 3.05) is 19.6 Å². The molecule has 1 fully saturated rings. The Hall–Kier alpha value is -3.05. The van der Waals surface area contributed by atoms with Crippen molar-refractivity contribution in [2.24, 2.45) is 5.92 Å². The molecule has 1 aliphatic heterocycles. The van der Waals surface area contributed by atoms with Crippen LogP contribution in [0.2, 0.25) is 0 Å². The van der Waals surface area contributed by atoms with Gasteiger partial charge in [0.05, 0.1) is 0 Å². The molecule has 0 N–H and O–H groups in total. The van der Waals surface area contributed by atoms with E-state index in [0.29, 0.717) is 18.7 Å². The number of rotatable bonds is 7. The second-order valence-corrected chi connectivity index (χ2v) is 9.58. The van der Waals surface area contributed by atoms with Gasteiger partial charge in [-0.15, -0.1) is 0 Å². The lowest BCUT2D eigenvalue weighted by molar-refractivity contribution is 0.0668. The molecule has 3 nitrogen and oxygen atoms in total. The fraction of sp³-hybridized carbons (Fsp3) is 0.345. The number of carbonyl (C=O) groups excluding carboxylic acids is 1. The van der Waals surface area contributed by atoms with Crippen LogP contribution in [0, 0.1) is 24.5 Å². The SMILES string of the molecule is Cc1ccccc1[C@@H]1CN(Cc2ccc(F)c(F)c2)C[C@@H]1CN(C(=O)c1ccccc1)C(C)C. The minimum absolute atomic E-state index is 0.0400. The van der Waals surface area contributed by atoms with Gasteiger partial charge in [-0.25, -0.2) is 8.78 Å². The number of likely N-dealkylation sites (tertiary alicyclic amines) is 1. The summed E-state index contributed by atoms with van der Waals surface area (Å²) in [4.78, 5) is 17.6. The predicted molar refractivity (Wildman–Crippen MR) is 132 cm³/mol. The molecule has 1 amide bonds. The molecule has 178 valence electrons. The summed E-state index contributed by atoms with van der Waals surface area (Å²) in [5.74, 6) is -1.13. The van der Waals surface area contributed by atoms with E-state index in [0.717, 1.165) is 18.7 Å². The quantitative estimate of drug-likeness (QED) is 0.427. The third-order valence-corrected chi connectivity index (χ3v) is 6.83. The van der Waals surface area contributed by atoms with Crippen LogP contribution in [0.4, 0.5) is 8.78 Å². The molecule has 3 aromatic rings. The molecule has 1 aliphatic rings. The Bertz CT molecular complexity index is 1130. The van der Waals surface area contributed by atoms with Crippen molar-refractivity contribution in [3.8, 4) is 0 Å². The molecule has 4 rings (SSSR count). The summed E-state index contributed by atoms with van der Waals surface area (Å²) in [7, 11) is 0. The van der Waals surface area contributed by atoms with Crippen molar-refractivity contribution in [2.45, 2.75) is 39.3 Å². The molecule has 0 unspecified atom stereocenters. The number of halogens is 2. The van der Waals surface area contributed by atoms with Crippen LogP contribution in [0.1, 0.15) is 46.8 Å².